The number of aromatic nitrogens is 1. The Hall–Kier alpha value is -2.66. The van der Waals surface area contributed by atoms with Gasteiger partial charge in [0, 0.05) is 10.4 Å². The Morgan fingerprint density at radius 1 is 1.14 bits per heavy atom. The first-order valence-electron chi connectivity index (χ1n) is 9.53. The van der Waals surface area contributed by atoms with Gasteiger partial charge in [0.05, 0.1) is 22.9 Å². The topological polar surface area (TPSA) is 42.4 Å². The smallest absolute Gasteiger partial charge is 0.265 e. The zero-order chi connectivity index (χ0) is 19.8. The van der Waals surface area contributed by atoms with Gasteiger partial charge in [0.1, 0.15) is 5.75 Å². The maximum atomic E-state index is 12.6. The number of hydrogen-bond acceptors (Lipinski definition) is 4. The summed E-state index contributed by atoms with van der Waals surface area (Å²) in [6.07, 6.45) is 0. The molecule has 1 aliphatic heterocycles. The van der Waals surface area contributed by atoms with Crippen molar-refractivity contribution in [3.05, 3.63) is 63.5 Å². The average Bonchev–Trinajstić information content (AvgIpc) is 3.02. The summed E-state index contributed by atoms with van der Waals surface area (Å²) in [5.74, 6) is 1.21. The number of carbonyl (C=O) groups excluding carboxylic acids is 1. The standard InChI is InChI=1S/C23H24N2O2S/c1-14(2)18-7-5-17(6-8-18)12-25-20-11-19(23-15(3)28-16(4)24-23)9-10-21(20)27-13-22(25)26/h5-11,14H,12-13H2,1-4H3. The molecule has 2 heterocycles. The van der Waals surface area contributed by atoms with E-state index in [1.165, 1.54) is 10.4 Å². The van der Waals surface area contributed by atoms with Crippen LogP contribution in [0.2, 0.25) is 0 Å². The van der Waals surface area contributed by atoms with E-state index in [1.54, 1.807) is 11.3 Å². The Bertz CT molecular complexity index is 1020. The zero-order valence-electron chi connectivity index (χ0n) is 16.7. The number of aryl methyl sites for hydroxylation is 2. The first-order chi connectivity index (χ1) is 13.4. The van der Waals surface area contributed by atoms with Crippen LogP contribution in [-0.4, -0.2) is 17.5 Å². The van der Waals surface area contributed by atoms with Gasteiger partial charge in [-0.2, -0.15) is 0 Å². The van der Waals surface area contributed by atoms with Crippen molar-refractivity contribution in [3.63, 3.8) is 0 Å². The van der Waals surface area contributed by atoms with Crippen molar-refractivity contribution in [1.82, 2.24) is 4.98 Å². The third-order valence-corrected chi connectivity index (χ3v) is 5.95. The largest absolute Gasteiger partial charge is 0.482 e. The number of anilines is 1. The third-order valence-electron chi connectivity index (χ3n) is 5.07. The minimum Gasteiger partial charge on any atom is -0.482 e. The highest BCUT2D eigenvalue weighted by atomic mass is 32.1. The molecule has 28 heavy (non-hydrogen) atoms. The van der Waals surface area contributed by atoms with Crippen molar-refractivity contribution in [2.75, 3.05) is 11.5 Å². The highest BCUT2D eigenvalue weighted by molar-refractivity contribution is 7.11. The van der Waals surface area contributed by atoms with Gasteiger partial charge in [-0.05, 0) is 49.1 Å². The number of amides is 1. The van der Waals surface area contributed by atoms with Crippen molar-refractivity contribution in [1.29, 1.82) is 0 Å². The molecule has 0 bridgehead atoms. The molecule has 3 aromatic rings. The van der Waals surface area contributed by atoms with Crippen molar-refractivity contribution < 1.29 is 9.53 Å². The average molecular weight is 393 g/mol. The number of hydrogen-bond donors (Lipinski definition) is 0. The van der Waals surface area contributed by atoms with Gasteiger partial charge in [-0.1, -0.05) is 38.1 Å². The summed E-state index contributed by atoms with van der Waals surface area (Å²) in [6.45, 7) is 9.06. The molecule has 0 radical (unpaired) electrons. The predicted molar refractivity (Wildman–Crippen MR) is 114 cm³/mol. The minimum absolute atomic E-state index is 0.0243. The molecule has 0 unspecified atom stereocenters. The second kappa shape index (κ2) is 7.40. The SMILES string of the molecule is Cc1nc(-c2ccc3c(c2)N(Cc2ccc(C(C)C)cc2)C(=O)CO3)c(C)s1. The third kappa shape index (κ3) is 3.54. The molecule has 0 aliphatic carbocycles. The van der Waals surface area contributed by atoms with Crippen LogP contribution >= 0.6 is 11.3 Å². The predicted octanol–water partition coefficient (Wildman–Crippen LogP) is 5.48. The highest BCUT2D eigenvalue weighted by Crippen LogP contribution is 2.38. The van der Waals surface area contributed by atoms with Gasteiger partial charge in [-0.3, -0.25) is 4.79 Å². The summed E-state index contributed by atoms with van der Waals surface area (Å²) in [6, 6.07) is 14.5. The molecule has 1 aliphatic rings. The van der Waals surface area contributed by atoms with Crippen molar-refractivity contribution >= 4 is 22.9 Å². The van der Waals surface area contributed by atoms with E-state index in [2.05, 4.69) is 50.0 Å². The maximum absolute atomic E-state index is 12.6. The Kier molecular flexibility index (Phi) is 4.94. The molecule has 1 amide bonds. The fourth-order valence-corrected chi connectivity index (χ4v) is 4.35. The summed E-state index contributed by atoms with van der Waals surface area (Å²) in [4.78, 5) is 20.3. The normalized spacial score (nSPS) is 13.6. The lowest BCUT2D eigenvalue weighted by Gasteiger charge is -2.30. The van der Waals surface area contributed by atoms with Gasteiger partial charge >= 0.3 is 0 Å². The van der Waals surface area contributed by atoms with E-state index in [0.29, 0.717) is 12.5 Å². The fraction of sp³-hybridized carbons (Fsp3) is 0.304. The summed E-state index contributed by atoms with van der Waals surface area (Å²) < 4.78 is 5.67. The Morgan fingerprint density at radius 2 is 1.89 bits per heavy atom. The summed E-state index contributed by atoms with van der Waals surface area (Å²) in [5.41, 5.74) is 5.21. The molecule has 144 valence electrons. The molecule has 0 saturated carbocycles. The van der Waals surface area contributed by atoms with Gasteiger partial charge in [-0.25, -0.2) is 4.98 Å². The van der Waals surface area contributed by atoms with Gasteiger partial charge in [0.2, 0.25) is 0 Å². The van der Waals surface area contributed by atoms with E-state index < -0.39 is 0 Å². The van der Waals surface area contributed by atoms with E-state index in [-0.39, 0.29) is 12.5 Å². The van der Waals surface area contributed by atoms with Gasteiger partial charge < -0.3 is 9.64 Å². The van der Waals surface area contributed by atoms with Crippen LogP contribution in [0.3, 0.4) is 0 Å². The molecule has 1 aromatic heterocycles. The van der Waals surface area contributed by atoms with Crippen LogP contribution in [0.1, 0.15) is 40.8 Å². The molecule has 0 N–H and O–H groups in total. The second-order valence-electron chi connectivity index (χ2n) is 7.49. The number of rotatable bonds is 4. The molecule has 5 heteroatoms. The lowest BCUT2D eigenvalue weighted by Crippen LogP contribution is -2.38. The summed E-state index contributed by atoms with van der Waals surface area (Å²) in [5, 5.41) is 1.04. The number of carbonyl (C=O) groups is 1. The maximum Gasteiger partial charge on any atom is 0.265 e. The van der Waals surface area contributed by atoms with Gasteiger partial charge in [0.25, 0.3) is 5.91 Å². The Morgan fingerprint density at radius 3 is 2.54 bits per heavy atom. The van der Waals surface area contributed by atoms with E-state index in [9.17, 15) is 4.79 Å². The van der Waals surface area contributed by atoms with Crippen molar-refractivity contribution in [3.8, 4) is 17.0 Å². The van der Waals surface area contributed by atoms with E-state index in [0.717, 1.165) is 33.3 Å². The van der Waals surface area contributed by atoms with E-state index >= 15 is 0 Å². The monoisotopic (exact) mass is 392 g/mol. The first-order valence-corrected chi connectivity index (χ1v) is 10.3. The second-order valence-corrected chi connectivity index (χ2v) is 8.89. The molecule has 4 nitrogen and oxygen atoms in total. The van der Waals surface area contributed by atoms with E-state index in [1.807, 2.05) is 30.0 Å². The molecule has 2 aromatic carbocycles. The molecular formula is C23H24N2O2S. The van der Waals surface area contributed by atoms with Crippen LogP contribution in [-0.2, 0) is 11.3 Å². The number of thiazole rings is 1. The van der Waals surface area contributed by atoms with Crippen molar-refractivity contribution in [2.45, 2.75) is 40.2 Å². The molecule has 4 rings (SSSR count). The highest BCUT2D eigenvalue weighted by Gasteiger charge is 2.26. The summed E-state index contributed by atoms with van der Waals surface area (Å²) >= 11 is 1.69. The molecule has 0 atom stereocenters. The first kappa shape index (κ1) is 18.7. The van der Waals surface area contributed by atoms with Gasteiger partial charge in [0.15, 0.2) is 6.61 Å². The Balaban J connectivity index is 1.69. The molecule has 0 fully saturated rings. The fourth-order valence-electron chi connectivity index (χ4n) is 3.51. The van der Waals surface area contributed by atoms with Crippen LogP contribution in [0.5, 0.6) is 5.75 Å². The lowest BCUT2D eigenvalue weighted by molar-refractivity contribution is -0.121. The quantitative estimate of drug-likeness (QED) is 0.591. The molecule has 0 saturated heterocycles. The zero-order valence-corrected chi connectivity index (χ0v) is 17.5. The number of nitrogens with zero attached hydrogens (tertiary/aromatic N) is 2. The molecular weight excluding hydrogens is 368 g/mol. The van der Waals surface area contributed by atoms with E-state index in [4.69, 9.17) is 4.74 Å². The van der Waals surface area contributed by atoms with Crippen LogP contribution in [0, 0.1) is 13.8 Å². The van der Waals surface area contributed by atoms with Crippen LogP contribution in [0.25, 0.3) is 11.3 Å². The Labute approximate surface area is 169 Å². The number of ether oxygens (including phenoxy) is 1. The lowest BCUT2D eigenvalue weighted by atomic mass is 10.0. The van der Waals surface area contributed by atoms with Gasteiger partial charge in [-0.15, -0.1) is 11.3 Å². The molecule has 0 spiro atoms. The van der Waals surface area contributed by atoms with Crippen LogP contribution in [0.4, 0.5) is 5.69 Å². The minimum atomic E-state index is -0.0243. The van der Waals surface area contributed by atoms with Crippen molar-refractivity contribution in [2.24, 2.45) is 0 Å². The van der Waals surface area contributed by atoms with Crippen LogP contribution < -0.4 is 9.64 Å². The number of benzene rings is 2. The number of fused-ring (bicyclic) bond motifs is 1. The summed E-state index contributed by atoms with van der Waals surface area (Å²) in [7, 11) is 0. The van der Waals surface area contributed by atoms with Crippen LogP contribution in [0.15, 0.2) is 42.5 Å².